The van der Waals surface area contributed by atoms with Gasteiger partial charge in [0.05, 0.1) is 20.6 Å². The molecule has 0 bridgehead atoms. The highest BCUT2D eigenvalue weighted by Crippen LogP contribution is 2.21. The lowest BCUT2D eigenvalue weighted by Gasteiger charge is -2.32. The van der Waals surface area contributed by atoms with Gasteiger partial charge < -0.3 is 14.0 Å². The zero-order valence-electron chi connectivity index (χ0n) is 25.6. The fourth-order valence-electron chi connectivity index (χ4n) is 5.32. The maximum atomic E-state index is 13.0. The van der Waals surface area contributed by atoms with Gasteiger partial charge in [-0.15, -0.1) is 0 Å². The van der Waals surface area contributed by atoms with Crippen molar-refractivity contribution in [2.24, 2.45) is 5.92 Å². The molecule has 218 valence electrons. The van der Waals surface area contributed by atoms with E-state index in [2.05, 4.69) is 70.4 Å². The molecule has 2 atom stereocenters. The van der Waals surface area contributed by atoms with Crippen molar-refractivity contribution < 1.29 is 18.8 Å². The number of carbonyl (C=O) groups is 1. The van der Waals surface area contributed by atoms with Gasteiger partial charge in [-0.3, -0.25) is 4.79 Å². The molecule has 39 heavy (non-hydrogen) atoms. The van der Waals surface area contributed by atoms with Crippen LogP contribution in [0.25, 0.3) is 0 Å². The van der Waals surface area contributed by atoms with E-state index >= 15 is 0 Å². The molecule has 2 rings (SSSR count). The second kappa shape index (κ2) is 18.9. The van der Waals surface area contributed by atoms with Crippen molar-refractivity contribution in [3.63, 3.8) is 0 Å². The molecule has 0 radical (unpaired) electrons. The fraction of sp³-hybridized carbons (Fsp3) is 0.629. The Morgan fingerprint density at radius 3 is 2.03 bits per heavy atom. The van der Waals surface area contributed by atoms with Gasteiger partial charge in [-0.2, -0.15) is 0 Å². The number of nitrogens with zero attached hydrogens (tertiary/aromatic N) is 1. The Morgan fingerprint density at radius 2 is 1.38 bits per heavy atom. The van der Waals surface area contributed by atoms with Gasteiger partial charge in [-0.1, -0.05) is 114 Å². The Balaban J connectivity index is 1.77. The second-order valence-corrected chi connectivity index (χ2v) is 12.0. The van der Waals surface area contributed by atoms with Crippen LogP contribution in [0.1, 0.15) is 109 Å². The van der Waals surface area contributed by atoms with Crippen LogP contribution < -0.4 is 4.74 Å². The Bertz CT molecular complexity index is 911. The third-order valence-corrected chi connectivity index (χ3v) is 7.38. The molecule has 2 aromatic rings. The molecular weight excluding hydrogens is 482 g/mol. The lowest BCUT2D eigenvalue weighted by molar-refractivity contribution is -0.905. The van der Waals surface area contributed by atoms with E-state index in [1.165, 1.54) is 75.3 Å². The normalized spacial score (nSPS) is 13.2. The molecule has 0 aliphatic rings. The summed E-state index contributed by atoms with van der Waals surface area (Å²) >= 11 is 0. The van der Waals surface area contributed by atoms with Gasteiger partial charge in [-0.25, -0.2) is 0 Å². The monoisotopic (exact) mass is 538 g/mol. The molecule has 0 saturated heterocycles. The first kappa shape index (κ1) is 32.9. The molecule has 4 heteroatoms. The van der Waals surface area contributed by atoms with Gasteiger partial charge in [0, 0.05) is 12.0 Å². The third-order valence-electron chi connectivity index (χ3n) is 7.38. The molecule has 0 fully saturated rings. The zero-order chi connectivity index (χ0) is 28.3. The molecule has 0 N–H and O–H groups in total. The molecule has 0 aliphatic heterocycles. The van der Waals surface area contributed by atoms with E-state index in [0.29, 0.717) is 13.0 Å². The van der Waals surface area contributed by atoms with Crippen molar-refractivity contribution in [1.29, 1.82) is 0 Å². The average Bonchev–Trinajstić information content (AvgIpc) is 2.90. The van der Waals surface area contributed by atoms with Crippen LogP contribution in [0, 0.1) is 5.92 Å². The van der Waals surface area contributed by atoms with Crippen molar-refractivity contribution in [3.8, 4) is 5.75 Å². The van der Waals surface area contributed by atoms with Crippen molar-refractivity contribution in [1.82, 2.24) is 0 Å². The van der Waals surface area contributed by atoms with Gasteiger partial charge in [0.25, 0.3) is 0 Å². The number of carbonyl (C=O) groups excluding carboxylic acids is 1. The quantitative estimate of drug-likeness (QED) is 0.0688. The van der Waals surface area contributed by atoms with Gasteiger partial charge in [-0.05, 0) is 43.9 Å². The lowest BCUT2D eigenvalue weighted by Crippen LogP contribution is -2.44. The Labute approximate surface area is 239 Å². The fourth-order valence-corrected chi connectivity index (χ4v) is 5.32. The molecule has 2 unspecified atom stereocenters. The largest absolute Gasteiger partial charge is 0.455 e. The highest BCUT2D eigenvalue weighted by Gasteiger charge is 2.28. The SMILES string of the molecule is CCCCCCCCCCCCc1cccc(OC(CCC)OC(=O)C(C)C[N+](C)(C)Cc2ccccc2)c1. The standard InChI is InChI=1S/C35H56NO3/c1-6-8-9-10-11-12-13-14-15-17-22-31-25-20-26-33(27-31)38-34(21-7-2)39-35(37)30(3)28-36(4,5)29-32-23-18-16-19-24-32/h16,18-20,23-27,30,34H,6-15,17,21-22,28-29H2,1-5H3/q+1. The second-order valence-electron chi connectivity index (χ2n) is 12.0. The minimum Gasteiger partial charge on any atom is -0.455 e. The topological polar surface area (TPSA) is 35.5 Å². The molecule has 0 heterocycles. The summed E-state index contributed by atoms with van der Waals surface area (Å²) in [4.78, 5) is 13.0. The van der Waals surface area contributed by atoms with Crippen LogP contribution in [0.2, 0.25) is 0 Å². The average molecular weight is 539 g/mol. The van der Waals surface area contributed by atoms with Crippen molar-refractivity contribution in [3.05, 3.63) is 65.7 Å². The predicted molar refractivity (Wildman–Crippen MR) is 164 cm³/mol. The number of ether oxygens (including phenoxy) is 2. The van der Waals surface area contributed by atoms with Crippen molar-refractivity contribution in [2.45, 2.75) is 117 Å². The summed E-state index contributed by atoms with van der Waals surface area (Å²) in [6.45, 7) is 7.91. The maximum absolute atomic E-state index is 13.0. The number of unbranched alkanes of at least 4 members (excludes halogenated alkanes) is 9. The van der Waals surface area contributed by atoms with E-state index < -0.39 is 6.29 Å². The summed E-state index contributed by atoms with van der Waals surface area (Å²) in [5.74, 6) is 0.391. The molecule has 0 saturated carbocycles. The number of aryl methyl sites for hydroxylation is 1. The van der Waals surface area contributed by atoms with Crippen LogP contribution in [-0.2, 0) is 22.5 Å². The first-order chi connectivity index (χ1) is 18.8. The number of quaternary nitrogens is 1. The maximum Gasteiger partial charge on any atom is 0.317 e. The number of rotatable bonds is 21. The van der Waals surface area contributed by atoms with Crippen LogP contribution in [0.5, 0.6) is 5.75 Å². The third kappa shape index (κ3) is 14.6. The van der Waals surface area contributed by atoms with Crippen LogP contribution in [0.4, 0.5) is 0 Å². The summed E-state index contributed by atoms with van der Waals surface area (Å²) in [5, 5.41) is 0. The Kier molecular flexibility index (Phi) is 15.9. The highest BCUT2D eigenvalue weighted by atomic mass is 16.7. The van der Waals surface area contributed by atoms with Crippen LogP contribution >= 0.6 is 0 Å². The molecule has 0 spiro atoms. The number of hydrogen-bond acceptors (Lipinski definition) is 3. The first-order valence-electron chi connectivity index (χ1n) is 15.6. The van der Waals surface area contributed by atoms with Crippen LogP contribution in [0.3, 0.4) is 0 Å². The van der Waals surface area contributed by atoms with Gasteiger partial charge >= 0.3 is 5.97 Å². The first-order valence-corrected chi connectivity index (χ1v) is 15.6. The van der Waals surface area contributed by atoms with E-state index in [0.717, 1.165) is 29.6 Å². The van der Waals surface area contributed by atoms with E-state index in [-0.39, 0.29) is 11.9 Å². The van der Waals surface area contributed by atoms with E-state index in [1.54, 1.807) is 0 Å². The van der Waals surface area contributed by atoms with Crippen LogP contribution in [-0.4, -0.2) is 37.4 Å². The molecule has 0 aromatic heterocycles. The molecule has 0 aliphatic carbocycles. The summed E-state index contributed by atoms with van der Waals surface area (Å²) in [6, 6.07) is 18.8. The van der Waals surface area contributed by atoms with Gasteiger partial charge in [0.15, 0.2) is 0 Å². The van der Waals surface area contributed by atoms with E-state index in [4.69, 9.17) is 9.47 Å². The van der Waals surface area contributed by atoms with Crippen molar-refractivity contribution >= 4 is 5.97 Å². The van der Waals surface area contributed by atoms with Crippen LogP contribution in [0.15, 0.2) is 54.6 Å². The minimum atomic E-state index is -0.553. The predicted octanol–water partition coefficient (Wildman–Crippen LogP) is 9.11. The Morgan fingerprint density at radius 1 is 0.769 bits per heavy atom. The smallest absolute Gasteiger partial charge is 0.317 e. The van der Waals surface area contributed by atoms with E-state index in [9.17, 15) is 4.79 Å². The summed E-state index contributed by atoms with van der Waals surface area (Å²) < 4.78 is 12.8. The number of benzene rings is 2. The molecule has 2 aromatic carbocycles. The summed E-state index contributed by atoms with van der Waals surface area (Å²) in [5.41, 5.74) is 2.56. The van der Waals surface area contributed by atoms with E-state index in [1.807, 2.05) is 19.1 Å². The van der Waals surface area contributed by atoms with Gasteiger partial charge in [0.2, 0.25) is 6.29 Å². The van der Waals surface area contributed by atoms with Crippen molar-refractivity contribution in [2.75, 3.05) is 20.6 Å². The highest BCUT2D eigenvalue weighted by molar-refractivity contribution is 5.72. The van der Waals surface area contributed by atoms with Gasteiger partial charge in [0.1, 0.15) is 18.2 Å². The Hall–Kier alpha value is -2.33. The molecule has 4 nitrogen and oxygen atoms in total. The summed E-state index contributed by atoms with van der Waals surface area (Å²) in [6.07, 6.45) is 15.6. The minimum absolute atomic E-state index is 0.186. The number of esters is 1. The zero-order valence-corrected chi connectivity index (χ0v) is 25.6. The summed E-state index contributed by atoms with van der Waals surface area (Å²) in [7, 11) is 4.33. The number of hydrogen-bond donors (Lipinski definition) is 0. The molecular formula is C35H56NO3+. The lowest BCUT2D eigenvalue weighted by atomic mass is 10.0. The molecule has 0 amide bonds.